The number of aryl methyl sites for hydroxylation is 1. The molecular formula is C9H13ClN2OS. The zero-order chi connectivity index (χ0) is 10.0. The van der Waals surface area contributed by atoms with E-state index in [1.807, 2.05) is 0 Å². The van der Waals surface area contributed by atoms with Crippen LogP contribution in [0.4, 0.5) is 0 Å². The SMILES string of the molecule is CC1(c2nnc(CCCl)s2)CCCO1. The van der Waals surface area contributed by atoms with Crippen molar-refractivity contribution >= 4 is 22.9 Å². The number of aromatic nitrogens is 2. The van der Waals surface area contributed by atoms with Crippen molar-refractivity contribution in [3.63, 3.8) is 0 Å². The Bertz CT molecular complexity index is 310. The summed E-state index contributed by atoms with van der Waals surface area (Å²) >= 11 is 7.27. The van der Waals surface area contributed by atoms with Gasteiger partial charge in [-0.15, -0.1) is 21.8 Å². The van der Waals surface area contributed by atoms with Gasteiger partial charge in [-0.05, 0) is 19.8 Å². The van der Waals surface area contributed by atoms with Gasteiger partial charge in [-0.2, -0.15) is 0 Å². The van der Waals surface area contributed by atoms with E-state index < -0.39 is 0 Å². The van der Waals surface area contributed by atoms with Crippen molar-refractivity contribution in [2.75, 3.05) is 12.5 Å². The zero-order valence-electron chi connectivity index (χ0n) is 8.12. The fraction of sp³-hybridized carbons (Fsp3) is 0.778. The molecule has 0 saturated carbocycles. The molecule has 0 amide bonds. The van der Waals surface area contributed by atoms with Gasteiger partial charge in [-0.1, -0.05) is 11.3 Å². The average Bonchev–Trinajstić information content (AvgIpc) is 2.75. The van der Waals surface area contributed by atoms with E-state index in [2.05, 4.69) is 17.1 Å². The Kier molecular flexibility index (Phi) is 3.04. The zero-order valence-corrected chi connectivity index (χ0v) is 9.70. The summed E-state index contributed by atoms with van der Waals surface area (Å²) in [5.74, 6) is 0.603. The van der Waals surface area contributed by atoms with Crippen LogP contribution in [-0.4, -0.2) is 22.7 Å². The van der Waals surface area contributed by atoms with E-state index >= 15 is 0 Å². The molecule has 1 aromatic heterocycles. The van der Waals surface area contributed by atoms with Crippen molar-refractivity contribution in [1.29, 1.82) is 0 Å². The van der Waals surface area contributed by atoms with E-state index in [4.69, 9.17) is 16.3 Å². The maximum Gasteiger partial charge on any atom is 0.149 e. The first-order valence-corrected chi connectivity index (χ1v) is 6.12. The normalized spacial score (nSPS) is 27.0. The first-order valence-electron chi connectivity index (χ1n) is 4.77. The van der Waals surface area contributed by atoms with Crippen LogP contribution in [0.1, 0.15) is 29.8 Å². The van der Waals surface area contributed by atoms with Crippen LogP contribution in [0, 0.1) is 0 Å². The number of ether oxygens (including phenoxy) is 1. The van der Waals surface area contributed by atoms with Crippen molar-refractivity contribution in [2.45, 2.75) is 31.8 Å². The molecule has 0 bridgehead atoms. The molecule has 0 aliphatic carbocycles. The molecule has 2 heterocycles. The minimum Gasteiger partial charge on any atom is -0.368 e. The molecule has 1 saturated heterocycles. The second kappa shape index (κ2) is 4.13. The molecular weight excluding hydrogens is 220 g/mol. The predicted molar refractivity (Wildman–Crippen MR) is 56.9 cm³/mol. The Labute approximate surface area is 92.4 Å². The number of rotatable bonds is 3. The summed E-state index contributed by atoms with van der Waals surface area (Å²) in [6, 6.07) is 0. The van der Waals surface area contributed by atoms with Crippen LogP contribution in [0.2, 0.25) is 0 Å². The third-order valence-corrected chi connectivity index (χ3v) is 3.86. The number of hydrogen-bond donors (Lipinski definition) is 0. The van der Waals surface area contributed by atoms with Gasteiger partial charge in [0.15, 0.2) is 0 Å². The first-order chi connectivity index (χ1) is 6.74. The molecule has 0 spiro atoms. The Morgan fingerprint density at radius 1 is 1.57 bits per heavy atom. The Morgan fingerprint density at radius 3 is 3.07 bits per heavy atom. The molecule has 1 unspecified atom stereocenters. The molecule has 0 radical (unpaired) electrons. The number of nitrogens with zero attached hydrogens (tertiary/aromatic N) is 2. The van der Waals surface area contributed by atoms with Gasteiger partial charge < -0.3 is 4.74 Å². The first kappa shape index (κ1) is 10.3. The standard InChI is InChI=1S/C9H13ClN2OS/c1-9(4-2-6-13-9)8-12-11-7(14-8)3-5-10/h2-6H2,1H3. The van der Waals surface area contributed by atoms with Gasteiger partial charge in [0.05, 0.1) is 0 Å². The summed E-state index contributed by atoms with van der Waals surface area (Å²) in [6.45, 7) is 2.92. The third kappa shape index (κ3) is 1.92. The van der Waals surface area contributed by atoms with Crippen molar-refractivity contribution in [1.82, 2.24) is 10.2 Å². The topological polar surface area (TPSA) is 35.0 Å². The monoisotopic (exact) mass is 232 g/mol. The lowest BCUT2D eigenvalue weighted by Crippen LogP contribution is -2.19. The van der Waals surface area contributed by atoms with Crippen molar-refractivity contribution in [3.8, 4) is 0 Å². The summed E-state index contributed by atoms with van der Waals surface area (Å²) in [7, 11) is 0. The van der Waals surface area contributed by atoms with E-state index in [1.165, 1.54) is 0 Å². The number of halogens is 1. The quantitative estimate of drug-likeness (QED) is 0.751. The number of hydrogen-bond acceptors (Lipinski definition) is 4. The molecule has 1 fully saturated rings. The van der Waals surface area contributed by atoms with E-state index in [-0.39, 0.29) is 5.60 Å². The van der Waals surface area contributed by atoms with E-state index in [1.54, 1.807) is 11.3 Å². The molecule has 78 valence electrons. The van der Waals surface area contributed by atoms with Gasteiger partial charge in [-0.25, -0.2) is 0 Å². The van der Waals surface area contributed by atoms with Crippen LogP contribution in [0.25, 0.3) is 0 Å². The molecule has 3 nitrogen and oxygen atoms in total. The largest absolute Gasteiger partial charge is 0.368 e. The van der Waals surface area contributed by atoms with E-state index in [0.717, 1.165) is 35.9 Å². The minimum absolute atomic E-state index is 0.192. The highest BCUT2D eigenvalue weighted by molar-refractivity contribution is 7.11. The van der Waals surface area contributed by atoms with E-state index in [0.29, 0.717) is 5.88 Å². The molecule has 0 aromatic carbocycles. The lowest BCUT2D eigenvalue weighted by molar-refractivity contribution is 0.0161. The molecule has 1 aliphatic heterocycles. The molecule has 5 heteroatoms. The second-order valence-electron chi connectivity index (χ2n) is 3.62. The van der Waals surface area contributed by atoms with Gasteiger partial charge in [0.25, 0.3) is 0 Å². The van der Waals surface area contributed by atoms with Gasteiger partial charge in [0, 0.05) is 18.9 Å². The molecule has 1 atom stereocenters. The van der Waals surface area contributed by atoms with Gasteiger partial charge in [0.2, 0.25) is 0 Å². The van der Waals surface area contributed by atoms with Gasteiger partial charge in [-0.3, -0.25) is 0 Å². The lowest BCUT2D eigenvalue weighted by Gasteiger charge is -2.18. The molecule has 0 N–H and O–H groups in total. The Balaban J connectivity index is 2.15. The van der Waals surface area contributed by atoms with Crippen LogP contribution >= 0.6 is 22.9 Å². The maximum absolute atomic E-state index is 5.69. The highest BCUT2D eigenvalue weighted by atomic mass is 35.5. The molecule has 1 aliphatic rings. The highest BCUT2D eigenvalue weighted by Crippen LogP contribution is 2.36. The molecule has 1 aromatic rings. The summed E-state index contributed by atoms with van der Waals surface area (Å²) in [5, 5.41) is 10.3. The van der Waals surface area contributed by atoms with Crippen LogP contribution < -0.4 is 0 Å². The lowest BCUT2D eigenvalue weighted by atomic mass is 10.0. The van der Waals surface area contributed by atoms with Crippen molar-refractivity contribution < 1.29 is 4.74 Å². The third-order valence-electron chi connectivity index (χ3n) is 2.45. The smallest absolute Gasteiger partial charge is 0.149 e. The summed E-state index contributed by atoms with van der Waals surface area (Å²) in [5.41, 5.74) is -0.192. The van der Waals surface area contributed by atoms with Gasteiger partial charge in [0.1, 0.15) is 15.6 Å². The van der Waals surface area contributed by atoms with Crippen molar-refractivity contribution in [2.24, 2.45) is 0 Å². The fourth-order valence-corrected chi connectivity index (χ4v) is 2.86. The fourth-order valence-electron chi connectivity index (χ4n) is 1.60. The minimum atomic E-state index is -0.192. The highest BCUT2D eigenvalue weighted by Gasteiger charge is 2.35. The Morgan fingerprint density at radius 2 is 2.43 bits per heavy atom. The van der Waals surface area contributed by atoms with Crippen LogP contribution in [0.5, 0.6) is 0 Å². The van der Waals surface area contributed by atoms with Gasteiger partial charge >= 0.3 is 0 Å². The second-order valence-corrected chi connectivity index (χ2v) is 5.06. The molecule has 14 heavy (non-hydrogen) atoms. The molecule has 2 rings (SSSR count). The predicted octanol–water partition coefficient (Wildman–Crippen LogP) is 2.35. The number of alkyl halides is 1. The summed E-state index contributed by atoms with van der Waals surface area (Å²) < 4.78 is 5.69. The van der Waals surface area contributed by atoms with Crippen LogP contribution in [0.3, 0.4) is 0 Å². The van der Waals surface area contributed by atoms with E-state index in [9.17, 15) is 0 Å². The average molecular weight is 233 g/mol. The summed E-state index contributed by atoms with van der Waals surface area (Å²) in [4.78, 5) is 0. The van der Waals surface area contributed by atoms with Crippen LogP contribution in [-0.2, 0) is 16.8 Å². The summed E-state index contributed by atoms with van der Waals surface area (Å²) in [6.07, 6.45) is 2.96. The van der Waals surface area contributed by atoms with Crippen LogP contribution in [0.15, 0.2) is 0 Å². The Hall–Kier alpha value is -0.190. The maximum atomic E-state index is 5.69. The van der Waals surface area contributed by atoms with Crippen molar-refractivity contribution in [3.05, 3.63) is 10.0 Å².